The lowest BCUT2D eigenvalue weighted by atomic mass is 10.2. The lowest BCUT2D eigenvalue weighted by molar-refractivity contribution is -0.118. The number of imidazole rings is 1. The maximum Gasteiger partial charge on any atom is 0.219 e. The van der Waals surface area contributed by atoms with Gasteiger partial charge in [-0.15, -0.1) is 11.6 Å². The summed E-state index contributed by atoms with van der Waals surface area (Å²) in [6.07, 6.45) is 0.244. The predicted octanol–water partition coefficient (Wildman–Crippen LogP) is 2.61. The van der Waals surface area contributed by atoms with Crippen LogP contribution < -0.4 is 10.5 Å². The molecule has 2 N–H and O–H groups in total. The van der Waals surface area contributed by atoms with E-state index in [1.807, 2.05) is 36.6 Å². The van der Waals surface area contributed by atoms with Gasteiger partial charge in [0.1, 0.15) is 17.1 Å². The van der Waals surface area contributed by atoms with E-state index in [0.717, 1.165) is 16.8 Å². The fraction of sp³-hybridized carbons (Fsp3) is 0.429. The van der Waals surface area contributed by atoms with E-state index in [2.05, 4.69) is 4.98 Å². The summed E-state index contributed by atoms with van der Waals surface area (Å²) in [6.45, 7) is 4.42. The van der Waals surface area contributed by atoms with Gasteiger partial charge in [0.25, 0.3) is 0 Å². The molecule has 0 bridgehead atoms. The quantitative estimate of drug-likeness (QED) is 0.833. The zero-order valence-corrected chi connectivity index (χ0v) is 12.4. The summed E-state index contributed by atoms with van der Waals surface area (Å²) in [7, 11) is 0. The van der Waals surface area contributed by atoms with E-state index in [1.54, 1.807) is 0 Å². The number of halogens is 1. The Morgan fingerprint density at radius 3 is 2.90 bits per heavy atom. The summed E-state index contributed by atoms with van der Waals surface area (Å²) in [5.74, 6) is 1.35. The molecule has 108 valence electrons. The van der Waals surface area contributed by atoms with Crippen LogP contribution in [0.25, 0.3) is 11.0 Å². The Kier molecular flexibility index (Phi) is 4.49. The third-order valence-electron chi connectivity index (χ3n) is 3.11. The van der Waals surface area contributed by atoms with Gasteiger partial charge in [0, 0.05) is 12.5 Å². The van der Waals surface area contributed by atoms with E-state index in [4.69, 9.17) is 22.1 Å². The maximum absolute atomic E-state index is 11.1. The van der Waals surface area contributed by atoms with Crippen LogP contribution in [-0.4, -0.2) is 22.1 Å². The number of benzene rings is 1. The molecule has 20 heavy (non-hydrogen) atoms. The van der Waals surface area contributed by atoms with Gasteiger partial charge in [0.05, 0.1) is 18.0 Å². The fourth-order valence-electron chi connectivity index (χ4n) is 2.38. The van der Waals surface area contributed by atoms with Gasteiger partial charge in [-0.2, -0.15) is 0 Å². The van der Waals surface area contributed by atoms with Crippen LogP contribution in [0.15, 0.2) is 18.2 Å². The molecule has 0 aliphatic heterocycles. The van der Waals surface area contributed by atoms with Crippen molar-refractivity contribution in [2.45, 2.75) is 32.2 Å². The maximum atomic E-state index is 11.1. The van der Waals surface area contributed by atoms with Crippen molar-refractivity contribution in [3.8, 4) is 5.75 Å². The molecule has 1 aromatic carbocycles. The van der Waals surface area contributed by atoms with Crippen LogP contribution in [0.1, 0.15) is 32.1 Å². The Hall–Kier alpha value is -1.75. The molecule has 2 rings (SSSR count). The molecule has 1 amide bonds. The van der Waals surface area contributed by atoms with Crippen molar-refractivity contribution in [3.63, 3.8) is 0 Å². The number of nitrogens with zero attached hydrogens (tertiary/aromatic N) is 2. The molecule has 1 atom stereocenters. The van der Waals surface area contributed by atoms with Crippen molar-refractivity contribution < 1.29 is 9.53 Å². The number of para-hydroxylation sites is 1. The number of carbonyl (C=O) groups excluding carboxylic acids is 1. The van der Waals surface area contributed by atoms with Crippen LogP contribution in [0, 0.1) is 0 Å². The predicted molar refractivity (Wildman–Crippen MR) is 79.0 cm³/mol. The average Bonchev–Trinajstić information content (AvgIpc) is 2.77. The van der Waals surface area contributed by atoms with Gasteiger partial charge in [0.2, 0.25) is 5.91 Å². The minimum atomic E-state index is -0.346. The van der Waals surface area contributed by atoms with Crippen LogP contribution in [0.4, 0.5) is 0 Å². The Bertz CT molecular complexity index is 624. The topological polar surface area (TPSA) is 70.1 Å². The zero-order valence-electron chi connectivity index (χ0n) is 11.6. The molecule has 0 saturated carbocycles. The monoisotopic (exact) mass is 295 g/mol. The first kappa shape index (κ1) is 14.7. The van der Waals surface area contributed by atoms with Crippen molar-refractivity contribution in [1.29, 1.82) is 0 Å². The highest BCUT2D eigenvalue weighted by molar-refractivity contribution is 6.16. The first-order valence-electron chi connectivity index (χ1n) is 6.55. The fourth-order valence-corrected chi connectivity index (χ4v) is 2.57. The van der Waals surface area contributed by atoms with Gasteiger partial charge in [-0.05, 0) is 26.0 Å². The highest BCUT2D eigenvalue weighted by atomic mass is 35.5. The molecule has 5 nitrogen and oxygen atoms in total. The minimum Gasteiger partial charge on any atom is -0.492 e. The van der Waals surface area contributed by atoms with Crippen molar-refractivity contribution in [3.05, 3.63) is 24.0 Å². The van der Waals surface area contributed by atoms with Crippen molar-refractivity contribution in [1.82, 2.24) is 9.55 Å². The molecule has 1 heterocycles. The van der Waals surface area contributed by atoms with Gasteiger partial charge in [-0.3, -0.25) is 4.79 Å². The largest absolute Gasteiger partial charge is 0.492 e. The summed E-state index contributed by atoms with van der Waals surface area (Å²) in [5, 5.41) is 0. The molecule has 0 aliphatic rings. The number of primary amides is 1. The standard InChI is InChI=1S/C14H18ClN3O2/c1-3-20-11-6-4-5-10-14(11)17-13(8-15)18(10)9(2)7-12(16)19/h4-6,9H,3,7-8H2,1-2H3,(H2,16,19). The van der Waals surface area contributed by atoms with Crippen molar-refractivity contribution in [2.75, 3.05) is 6.61 Å². The second-order valence-corrected chi connectivity index (χ2v) is 4.88. The summed E-state index contributed by atoms with van der Waals surface area (Å²) < 4.78 is 7.54. The molecule has 0 radical (unpaired) electrons. The van der Waals surface area contributed by atoms with Crippen LogP contribution in [0.5, 0.6) is 5.75 Å². The Balaban J connectivity index is 2.57. The number of rotatable bonds is 6. The lowest BCUT2D eigenvalue weighted by Gasteiger charge is -2.15. The molecule has 0 aliphatic carbocycles. The van der Waals surface area contributed by atoms with Gasteiger partial charge in [-0.25, -0.2) is 4.98 Å². The van der Waals surface area contributed by atoms with Gasteiger partial charge in [0.15, 0.2) is 0 Å². The van der Waals surface area contributed by atoms with Gasteiger partial charge < -0.3 is 15.0 Å². The number of nitrogens with two attached hydrogens (primary N) is 1. The molecule has 2 aromatic rings. The van der Waals surface area contributed by atoms with Crippen molar-refractivity contribution >= 4 is 28.5 Å². The smallest absolute Gasteiger partial charge is 0.219 e. The third-order valence-corrected chi connectivity index (χ3v) is 3.35. The Morgan fingerprint density at radius 2 is 2.30 bits per heavy atom. The number of fused-ring (bicyclic) bond motifs is 1. The number of alkyl halides is 1. The SMILES string of the molecule is CCOc1cccc2c1nc(CCl)n2C(C)CC(N)=O. The molecular formula is C14H18ClN3O2. The number of carbonyl (C=O) groups is 1. The third kappa shape index (κ3) is 2.72. The highest BCUT2D eigenvalue weighted by Gasteiger charge is 2.18. The number of aromatic nitrogens is 2. The first-order chi connectivity index (χ1) is 9.58. The zero-order chi connectivity index (χ0) is 14.7. The molecule has 6 heteroatoms. The molecule has 0 spiro atoms. The number of amides is 1. The van der Waals surface area contributed by atoms with Gasteiger partial charge >= 0.3 is 0 Å². The van der Waals surface area contributed by atoms with E-state index in [1.165, 1.54) is 0 Å². The first-order valence-corrected chi connectivity index (χ1v) is 7.08. The summed E-state index contributed by atoms with van der Waals surface area (Å²) in [5.41, 5.74) is 6.95. The van der Waals surface area contributed by atoms with E-state index in [0.29, 0.717) is 12.4 Å². The number of ether oxygens (including phenoxy) is 1. The normalized spacial score (nSPS) is 12.6. The van der Waals surface area contributed by atoms with Crippen LogP contribution in [0.2, 0.25) is 0 Å². The van der Waals surface area contributed by atoms with Crippen LogP contribution >= 0.6 is 11.6 Å². The van der Waals surface area contributed by atoms with E-state index >= 15 is 0 Å². The van der Waals surface area contributed by atoms with Crippen molar-refractivity contribution in [2.24, 2.45) is 5.73 Å². The van der Waals surface area contributed by atoms with Gasteiger partial charge in [-0.1, -0.05) is 6.07 Å². The Labute approximate surface area is 122 Å². The summed E-state index contributed by atoms with van der Waals surface area (Å²) in [6, 6.07) is 5.63. The highest BCUT2D eigenvalue weighted by Crippen LogP contribution is 2.30. The summed E-state index contributed by atoms with van der Waals surface area (Å²) >= 11 is 5.97. The van der Waals surface area contributed by atoms with Crippen LogP contribution in [-0.2, 0) is 10.7 Å². The molecule has 1 aromatic heterocycles. The molecule has 0 saturated heterocycles. The molecule has 0 fully saturated rings. The average molecular weight is 296 g/mol. The lowest BCUT2D eigenvalue weighted by Crippen LogP contribution is -2.18. The van der Waals surface area contributed by atoms with E-state index < -0.39 is 0 Å². The number of hydrogen-bond donors (Lipinski definition) is 1. The minimum absolute atomic E-state index is 0.0943. The number of hydrogen-bond acceptors (Lipinski definition) is 3. The van der Waals surface area contributed by atoms with Crippen LogP contribution in [0.3, 0.4) is 0 Å². The molecular weight excluding hydrogens is 278 g/mol. The Morgan fingerprint density at radius 1 is 1.55 bits per heavy atom. The second-order valence-electron chi connectivity index (χ2n) is 4.61. The van der Waals surface area contributed by atoms with E-state index in [9.17, 15) is 4.79 Å². The second kappa shape index (κ2) is 6.13. The summed E-state index contributed by atoms with van der Waals surface area (Å²) in [4.78, 5) is 15.7. The van der Waals surface area contributed by atoms with E-state index in [-0.39, 0.29) is 24.2 Å². The molecule has 1 unspecified atom stereocenters.